The Labute approximate surface area is 249 Å². The van der Waals surface area contributed by atoms with Crippen LogP contribution in [0.3, 0.4) is 0 Å². The number of hydrogen-bond acceptors (Lipinski definition) is 11. The van der Waals surface area contributed by atoms with Gasteiger partial charge in [0.1, 0.15) is 41.2 Å². The first-order valence-corrected chi connectivity index (χ1v) is 14.2. The normalized spacial score (nSPS) is 21.6. The van der Waals surface area contributed by atoms with E-state index in [1.54, 1.807) is 13.8 Å². The van der Waals surface area contributed by atoms with Crippen molar-refractivity contribution in [3.63, 3.8) is 0 Å². The molecule has 1 N–H and O–H groups in total. The van der Waals surface area contributed by atoms with Gasteiger partial charge in [-0.25, -0.2) is 22.8 Å². The summed E-state index contributed by atoms with van der Waals surface area (Å²) in [6, 6.07) is 5.63. The first-order chi connectivity index (χ1) is 20.7. The monoisotopic (exact) mass is 618 g/mol. The van der Waals surface area contributed by atoms with Crippen LogP contribution in [0.15, 0.2) is 35.1 Å². The summed E-state index contributed by atoms with van der Waals surface area (Å²) in [5.74, 6) is -3.46. The number of morpholine rings is 1. The highest BCUT2D eigenvalue weighted by Gasteiger charge is 2.44. The number of rotatable bonds is 8. The van der Waals surface area contributed by atoms with Crippen LogP contribution in [0, 0.1) is 35.7 Å². The second-order valence-electron chi connectivity index (χ2n) is 9.89. The average Bonchev–Trinajstić information content (AvgIpc) is 3.49. The quantitative estimate of drug-likeness (QED) is 0.373. The second-order valence-corrected chi connectivity index (χ2v) is 11.0. The fourth-order valence-corrected chi connectivity index (χ4v) is 6.21. The highest BCUT2D eigenvalue weighted by molar-refractivity contribution is 8.00. The Bertz CT molecular complexity index is 1550. The Hall–Kier alpha value is -3.68. The summed E-state index contributed by atoms with van der Waals surface area (Å²) in [6.07, 6.45) is -1.42. The van der Waals surface area contributed by atoms with Gasteiger partial charge in [0.15, 0.2) is 28.6 Å². The largest absolute Gasteiger partial charge is 0.495 e. The minimum Gasteiger partial charge on any atom is -0.495 e. The van der Waals surface area contributed by atoms with Crippen molar-refractivity contribution >= 4 is 23.3 Å². The van der Waals surface area contributed by atoms with Gasteiger partial charge in [-0.3, -0.25) is 0 Å². The molecule has 2 unspecified atom stereocenters. The number of pyridine rings is 1. The van der Waals surface area contributed by atoms with E-state index in [2.05, 4.69) is 21.4 Å². The van der Waals surface area contributed by atoms with E-state index in [-0.39, 0.29) is 17.0 Å². The van der Waals surface area contributed by atoms with E-state index in [9.17, 15) is 23.5 Å². The number of nitriles is 1. The van der Waals surface area contributed by atoms with E-state index in [0.29, 0.717) is 54.0 Å². The minimum absolute atomic E-state index is 0.0319. The van der Waals surface area contributed by atoms with E-state index >= 15 is 0 Å². The van der Waals surface area contributed by atoms with Crippen LogP contribution >= 0.6 is 11.8 Å². The van der Waals surface area contributed by atoms with Gasteiger partial charge in [-0.05, 0) is 37.6 Å². The lowest BCUT2D eigenvalue weighted by atomic mass is 10.0. The van der Waals surface area contributed by atoms with Crippen molar-refractivity contribution in [1.29, 1.82) is 5.26 Å². The summed E-state index contributed by atoms with van der Waals surface area (Å²) >= 11 is 1.26. The first kappa shape index (κ1) is 30.8. The van der Waals surface area contributed by atoms with Crippen LogP contribution in [0.25, 0.3) is 17.0 Å². The van der Waals surface area contributed by atoms with E-state index < -0.39 is 41.2 Å². The molecule has 4 heterocycles. The molecule has 2 aliphatic rings. The summed E-state index contributed by atoms with van der Waals surface area (Å²) in [6.45, 7) is 5.50. The molecule has 3 aromatic rings. The van der Waals surface area contributed by atoms with E-state index in [1.165, 1.54) is 36.9 Å². The summed E-state index contributed by atoms with van der Waals surface area (Å²) in [7, 11) is 2.87. The molecule has 5 rings (SSSR count). The Morgan fingerprint density at radius 1 is 1.16 bits per heavy atom. The number of halogens is 3. The van der Waals surface area contributed by atoms with Gasteiger partial charge in [0, 0.05) is 25.8 Å². The number of thioether (sulfide) groups is 1. The zero-order chi connectivity index (χ0) is 30.8. The number of aliphatic hydroxyl groups is 1. The van der Waals surface area contributed by atoms with Crippen LogP contribution in [0.1, 0.15) is 18.2 Å². The van der Waals surface area contributed by atoms with E-state index in [0.717, 1.165) is 12.1 Å². The maximum absolute atomic E-state index is 14.0. The highest BCUT2D eigenvalue weighted by atomic mass is 32.2. The number of hydrogen-bond donors (Lipinski definition) is 1. The topological polar surface area (TPSA) is 128 Å². The maximum Gasteiger partial charge on any atom is 0.194 e. The number of anilines is 1. The van der Waals surface area contributed by atoms with Crippen LogP contribution in [0.5, 0.6) is 0 Å². The number of ether oxygens (including phenoxy) is 4. The van der Waals surface area contributed by atoms with Gasteiger partial charge in [0.05, 0.1) is 37.5 Å². The molecule has 11 nitrogen and oxygen atoms in total. The zero-order valence-corrected chi connectivity index (χ0v) is 24.6. The molecule has 0 saturated carbocycles. The lowest BCUT2D eigenvalue weighted by Gasteiger charge is -2.39. The molecule has 1 saturated heterocycles. The molecule has 4 atom stereocenters. The number of aryl methyl sites for hydroxylation is 1. The summed E-state index contributed by atoms with van der Waals surface area (Å²) < 4.78 is 66.2. The highest BCUT2D eigenvalue weighted by Crippen LogP contribution is 2.43. The van der Waals surface area contributed by atoms with Crippen molar-refractivity contribution in [2.24, 2.45) is 0 Å². The van der Waals surface area contributed by atoms with Gasteiger partial charge in [0.25, 0.3) is 0 Å². The van der Waals surface area contributed by atoms with Gasteiger partial charge in [-0.2, -0.15) is 5.26 Å². The summed E-state index contributed by atoms with van der Waals surface area (Å²) in [5, 5.41) is 28.5. The third kappa shape index (κ3) is 6.06. The zero-order valence-electron chi connectivity index (χ0n) is 23.8. The molecule has 0 spiro atoms. The Morgan fingerprint density at radius 2 is 1.86 bits per heavy atom. The molecule has 228 valence electrons. The molecule has 15 heteroatoms. The summed E-state index contributed by atoms with van der Waals surface area (Å²) in [5.41, 5.74) is 0.462. The van der Waals surface area contributed by atoms with Crippen LogP contribution in [0.4, 0.5) is 19.0 Å². The molecular weight excluding hydrogens is 589 g/mol. The molecule has 2 aromatic heterocycles. The Balaban J connectivity index is 1.60. The van der Waals surface area contributed by atoms with Crippen LogP contribution in [-0.2, 0) is 18.9 Å². The molecule has 0 radical (unpaired) electrons. The number of benzene rings is 1. The number of aromatic nitrogens is 4. The molecule has 0 amide bonds. The predicted molar refractivity (Wildman–Crippen MR) is 149 cm³/mol. The molecular formula is C28H29F3N6O5S. The lowest BCUT2D eigenvalue weighted by molar-refractivity contribution is -0.109. The van der Waals surface area contributed by atoms with Gasteiger partial charge in [-0.1, -0.05) is 17.0 Å². The van der Waals surface area contributed by atoms with Crippen LogP contribution in [0.2, 0.25) is 0 Å². The number of nitrogens with zero attached hydrogens (tertiary/aromatic N) is 6. The van der Waals surface area contributed by atoms with Crippen molar-refractivity contribution in [1.82, 2.24) is 20.0 Å². The van der Waals surface area contributed by atoms with Crippen molar-refractivity contribution in [3.8, 4) is 17.3 Å². The van der Waals surface area contributed by atoms with E-state index in [1.807, 2.05) is 11.0 Å². The molecule has 1 fully saturated rings. The van der Waals surface area contributed by atoms with Crippen molar-refractivity contribution in [3.05, 3.63) is 58.9 Å². The molecule has 0 aliphatic carbocycles. The second kappa shape index (κ2) is 12.9. The Kier molecular flexibility index (Phi) is 9.23. The molecule has 43 heavy (non-hydrogen) atoms. The van der Waals surface area contributed by atoms with Crippen molar-refractivity contribution in [2.45, 2.75) is 42.5 Å². The third-order valence-corrected chi connectivity index (χ3v) is 8.19. The predicted octanol–water partition coefficient (Wildman–Crippen LogP) is 3.50. The van der Waals surface area contributed by atoms with Crippen molar-refractivity contribution < 1.29 is 37.2 Å². The van der Waals surface area contributed by atoms with Gasteiger partial charge < -0.3 is 29.0 Å². The Morgan fingerprint density at radius 3 is 2.47 bits per heavy atom. The van der Waals surface area contributed by atoms with Gasteiger partial charge in [-0.15, -0.1) is 5.10 Å². The van der Waals surface area contributed by atoms with Gasteiger partial charge >= 0.3 is 0 Å². The minimum atomic E-state index is -1.59. The first-order valence-electron chi connectivity index (χ1n) is 13.3. The fourth-order valence-electron chi connectivity index (χ4n) is 4.94. The van der Waals surface area contributed by atoms with Crippen LogP contribution in [-0.4, -0.2) is 89.4 Å². The number of methoxy groups -OCH3 is 2. The average molecular weight is 619 g/mol. The SMILES string of the molecule is COC1=C(n2cc(-c3cc(F)c(F)c(F)c3)nn2)[C@@H](OC)C(C(C)O)O[C@@H]1Sc1cc(C)c(C#N)nc1N1CCOCC1. The fraction of sp³-hybridized carbons (Fsp3) is 0.429. The maximum atomic E-state index is 14.0. The van der Waals surface area contributed by atoms with E-state index in [4.69, 9.17) is 18.9 Å². The molecule has 1 aromatic carbocycles. The van der Waals surface area contributed by atoms with Crippen molar-refractivity contribution in [2.75, 3.05) is 45.4 Å². The third-order valence-electron chi connectivity index (χ3n) is 7.09. The smallest absolute Gasteiger partial charge is 0.194 e. The molecule has 0 bridgehead atoms. The van der Waals surface area contributed by atoms with Crippen LogP contribution < -0.4 is 4.90 Å². The summed E-state index contributed by atoms with van der Waals surface area (Å²) in [4.78, 5) is 7.37. The van der Waals surface area contributed by atoms with Gasteiger partial charge in [0.2, 0.25) is 0 Å². The standard InChI is InChI=1S/C28H29F3N6O5S/c1-14-9-21(27(33-19(14)12-32)36-5-7-41-8-6-36)43-28-26(40-4)23(25(39-3)24(42-28)15(2)38)37-13-20(34-35-37)16-10-17(29)22(31)18(30)11-16/h9-11,13,15,24-25,28,38H,5-8H2,1-4H3/t15?,24?,25-,28-/m1/s1. The number of aliphatic hydroxyl groups excluding tert-OH is 1. The lowest BCUT2D eigenvalue weighted by Crippen LogP contribution is -2.48. The molecule has 2 aliphatic heterocycles.